The van der Waals surface area contributed by atoms with Gasteiger partial charge in [0.2, 0.25) is 5.95 Å². The molecule has 0 atom stereocenters. The molecule has 1 heterocycles. The van der Waals surface area contributed by atoms with Gasteiger partial charge in [-0.05, 0) is 44.9 Å². The fraction of sp³-hybridized carbons (Fsp3) is 0.500. The topological polar surface area (TPSA) is 90.4 Å². The van der Waals surface area contributed by atoms with E-state index in [0.717, 1.165) is 16.6 Å². The SMILES string of the molecule is CCOC(=O)CCc1ccc2c(c1)nc(N)n2CC(C)(C)O. The zero-order chi connectivity index (χ0) is 16.3. The number of carbonyl (C=O) groups excluding carboxylic acids is 1. The van der Waals surface area contributed by atoms with Gasteiger partial charge in [-0.1, -0.05) is 6.07 Å². The fourth-order valence-electron chi connectivity index (χ4n) is 2.38. The van der Waals surface area contributed by atoms with Crippen LogP contribution >= 0.6 is 0 Å². The Hall–Kier alpha value is -2.08. The van der Waals surface area contributed by atoms with Crippen molar-refractivity contribution in [2.75, 3.05) is 12.3 Å². The molecule has 0 aliphatic rings. The highest BCUT2D eigenvalue weighted by molar-refractivity contribution is 5.79. The lowest BCUT2D eigenvalue weighted by Crippen LogP contribution is -2.26. The van der Waals surface area contributed by atoms with Gasteiger partial charge in [-0.25, -0.2) is 4.98 Å². The van der Waals surface area contributed by atoms with Crippen molar-refractivity contribution in [2.24, 2.45) is 0 Å². The van der Waals surface area contributed by atoms with E-state index in [2.05, 4.69) is 4.98 Å². The van der Waals surface area contributed by atoms with Gasteiger partial charge in [0.1, 0.15) is 0 Å². The predicted octanol–water partition coefficient (Wildman–Crippen LogP) is 1.89. The molecule has 0 aliphatic carbocycles. The number of esters is 1. The van der Waals surface area contributed by atoms with Crippen LogP contribution in [0, 0.1) is 0 Å². The molecule has 0 saturated carbocycles. The number of nitrogen functional groups attached to an aromatic ring is 1. The van der Waals surface area contributed by atoms with E-state index in [1.165, 1.54) is 0 Å². The average Bonchev–Trinajstić information content (AvgIpc) is 2.71. The van der Waals surface area contributed by atoms with Crippen LogP contribution in [0.25, 0.3) is 11.0 Å². The molecule has 0 unspecified atom stereocenters. The predicted molar refractivity (Wildman–Crippen MR) is 85.4 cm³/mol. The van der Waals surface area contributed by atoms with E-state index < -0.39 is 5.60 Å². The quantitative estimate of drug-likeness (QED) is 0.795. The van der Waals surface area contributed by atoms with Crippen LogP contribution in [0.1, 0.15) is 32.8 Å². The molecule has 0 radical (unpaired) electrons. The Morgan fingerprint density at radius 1 is 1.45 bits per heavy atom. The fourth-order valence-corrected chi connectivity index (χ4v) is 2.38. The van der Waals surface area contributed by atoms with Crippen molar-refractivity contribution in [1.29, 1.82) is 0 Å². The van der Waals surface area contributed by atoms with Gasteiger partial charge in [-0.15, -0.1) is 0 Å². The molecule has 6 nitrogen and oxygen atoms in total. The molecule has 0 spiro atoms. The molecule has 6 heteroatoms. The number of fused-ring (bicyclic) bond motifs is 1. The first-order chi connectivity index (χ1) is 10.3. The first kappa shape index (κ1) is 16.3. The summed E-state index contributed by atoms with van der Waals surface area (Å²) in [5.74, 6) is 0.175. The maximum Gasteiger partial charge on any atom is 0.306 e. The third-order valence-corrected chi connectivity index (χ3v) is 3.31. The summed E-state index contributed by atoms with van der Waals surface area (Å²) >= 11 is 0. The number of aromatic nitrogens is 2. The number of hydrogen-bond acceptors (Lipinski definition) is 5. The lowest BCUT2D eigenvalue weighted by Gasteiger charge is -2.19. The summed E-state index contributed by atoms with van der Waals surface area (Å²) in [5, 5.41) is 9.97. The van der Waals surface area contributed by atoms with Crippen molar-refractivity contribution in [2.45, 2.75) is 45.8 Å². The van der Waals surface area contributed by atoms with Gasteiger partial charge in [0.25, 0.3) is 0 Å². The molecule has 0 fully saturated rings. The lowest BCUT2D eigenvalue weighted by molar-refractivity contribution is -0.143. The smallest absolute Gasteiger partial charge is 0.306 e. The Morgan fingerprint density at radius 3 is 2.82 bits per heavy atom. The number of aryl methyl sites for hydroxylation is 1. The summed E-state index contributed by atoms with van der Waals surface area (Å²) in [7, 11) is 0. The summed E-state index contributed by atoms with van der Waals surface area (Å²) in [6.07, 6.45) is 0.951. The first-order valence-corrected chi connectivity index (χ1v) is 7.43. The van der Waals surface area contributed by atoms with Crippen molar-refractivity contribution >= 4 is 23.0 Å². The highest BCUT2D eigenvalue weighted by Crippen LogP contribution is 2.22. The van der Waals surface area contributed by atoms with E-state index in [1.807, 2.05) is 18.2 Å². The van der Waals surface area contributed by atoms with Crippen molar-refractivity contribution in [3.05, 3.63) is 23.8 Å². The summed E-state index contributed by atoms with van der Waals surface area (Å²) in [6, 6.07) is 5.79. The van der Waals surface area contributed by atoms with Gasteiger partial charge in [0, 0.05) is 6.42 Å². The van der Waals surface area contributed by atoms with Crippen molar-refractivity contribution in [3.63, 3.8) is 0 Å². The normalized spacial score (nSPS) is 11.8. The second kappa shape index (κ2) is 6.36. The monoisotopic (exact) mass is 305 g/mol. The van der Waals surface area contributed by atoms with Gasteiger partial charge in [-0.2, -0.15) is 0 Å². The minimum Gasteiger partial charge on any atom is -0.466 e. The molecule has 22 heavy (non-hydrogen) atoms. The molecule has 1 aromatic heterocycles. The van der Waals surface area contributed by atoms with E-state index in [1.54, 1.807) is 25.3 Å². The number of benzene rings is 1. The standard InChI is InChI=1S/C16H23N3O3/c1-4-22-14(20)8-6-11-5-7-13-12(9-11)18-15(17)19(13)10-16(2,3)21/h5,7,9,21H,4,6,8,10H2,1-3H3,(H2,17,18). The van der Waals surface area contributed by atoms with Crippen molar-refractivity contribution < 1.29 is 14.6 Å². The van der Waals surface area contributed by atoms with Crippen molar-refractivity contribution in [1.82, 2.24) is 9.55 Å². The molecular formula is C16H23N3O3. The van der Waals surface area contributed by atoms with Crippen molar-refractivity contribution in [3.8, 4) is 0 Å². The molecule has 2 rings (SSSR count). The summed E-state index contributed by atoms with van der Waals surface area (Å²) in [4.78, 5) is 15.7. The Morgan fingerprint density at radius 2 is 2.18 bits per heavy atom. The van der Waals surface area contributed by atoms with Crippen LogP contribution in [-0.4, -0.2) is 32.8 Å². The molecule has 2 aromatic rings. The molecule has 120 valence electrons. The van der Waals surface area contributed by atoms with E-state index >= 15 is 0 Å². The number of ether oxygens (including phenoxy) is 1. The number of aliphatic hydroxyl groups is 1. The molecule has 0 amide bonds. The second-order valence-corrected chi connectivity index (χ2v) is 6.00. The number of nitrogens with two attached hydrogens (primary N) is 1. The summed E-state index contributed by atoms with van der Waals surface area (Å²) < 4.78 is 6.72. The minimum absolute atomic E-state index is 0.199. The molecule has 3 N–H and O–H groups in total. The zero-order valence-corrected chi connectivity index (χ0v) is 13.3. The lowest BCUT2D eigenvalue weighted by atomic mass is 10.1. The van der Waals surface area contributed by atoms with Crippen LogP contribution in [-0.2, 0) is 22.5 Å². The van der Waals surface area contributed by atoms with Gasteiger partial charge in [0.05, 0.1) is 29.8 Å². The number of nitrogens with zero attached hydrogens (tertiary/aromatic N) is 2. The van der Waals surface area contributed by atoms with Crippen LogP contribution in [0.2, 0.25) is 0 Å². The average molecular weight is 305 g/mol. The van der Waals surface area contributed by atoms with Gasteiger partial charge in [0.15, 0.2) is 0 Å². The summed E-state index contributed by atoms with van der Waals surface area (Å²) in [6.45, 7) is 6.02. The maximum absolute atomic E-state index is 11.4. The van der Waals surface area contributed by atoms with Crippen LogP contribution in [0.3, 0.4) is 0 Å². The van der Waals surface area contributed by atoms with E-state index in [4.69, 9.17) is 10.5 Å². The Labute approximate surface area is 129 Å². The maximum atomic E-state index is 11.4. The number of anilines is 1. The molecule has 0 saturated heterocycles. The minimum atomic E-state index is -0.871. The van der Waals surface area contributed by atoms with E-state index in [9.17, 15) is 9.90 Å². The molecule has 0 aliphatic heterocycles. The van der Waals surface area contributed by atoms with Crippen LogP contribution < -0.4 is 5.73 Å². The first-order valence-electron chi connectivity index (χ1n) is 7.43. The third-order valence-electron chi connectivity index (χ3n) is 3.31. The molecular weight excluding hydrogens is 282 g/mol. The van der Waals surface area contributed by atoms with Gasteiger partial charge in [-0.3, -0.25) is 4.79 Å². The Balaban J connectivity index is 2.20. The van der Waals surface area contributed by atoms with Gasteiger partial charge >= 0.3 is 5.97 Å². The van der Waals surface area contributed by atoms with Crippen LogP contribution in [0.15, 0.2) is 18.2 Å². The van der Waals surface area contributed by atoms with E-state index in [-0.39, 0.29) is 5.97 Å². The van der Waals surface area contributed by atoms with Crippen LogP contribution in [0.5, 0.6) is 0 Å². The zero-order valence-electron chi connectivity index (χ0n) is 13.3. The highest BCUT2D eigenvalue weighted by atomic mass is 16.5. The van der Waals surface area contributed by atoms with Gasteiger partial charge < -0.3 is 20.1 Å². The largest absolute Gasteiger partial charge is 0.466 e. The Bertz CT molecular complexity index is 671. The molecule has 1 aromatic carbocycles. The second-order valence-electron chi connectivity index (χ2n) is 6.00. The number of imidazole rings is 1. The highest BCUT2D eigenvalue weighted by Gasteiger charge is 2.18. The molecule has 0 bridgehead atoms. The number of hydrogen-bond donors (Lipinski definition) is 2. The number of rotatable bonds is 6. The van der Waals surface area contributed by atoms with Crippen LogP contribution in [0.4, 0.5) is 5.95 Å². The van der Waals surface area contributed by atoms with E-state index in [0.29, 0.717) is 31.9 Å². The Kier molecular flexibility index (Phi) is 4.71. The summed E-state index contributed by atoms with van der Waals surface area (Å²) in [5.41, 5.74) is 7.72. The third kappa shape index (κ3) is 3.98. The number of carbonyl (C=O) groups is 1.